The van der Waals surface area contributed by atoms with Crippen LogP contribution in [-0.4, -0.2) is 43.9 Å². The van der Waals surface area contributed by atoms with E-state index in [4.69, 9.17) is 9.84 Å². The number of aliphatic hydroxyl groups excluding tert-OH is 1. The van der Waals surface area contributed by atoms with Gasteiger partial charge in [0.2, 0.25) is 0 Å². The molecule has 0 heterocycles. The second kappa shape index (κ2) is 5.97. The summed E-state index contributed by atoms with van der Waals surface area (Å²) in [6, 6.07) is 0. The molecule has 0 aromatic heterocycles. The van der Waals surface area contributed by atoms with Gasteiger partial charge >= 0.3 is 0 Å². The average molecular weight is 174 g/mol. The van der Waals surface area contributed by atoms with E-state index < -0.39 is 0 Å². The van der Waals surface area contributed by atoms with Crippen molar-refractivity contribution in [2.24, 2.45) is 4.99 Å². The minimum atomic E-state index is -0.370. The van der Waals surface area contributed by atoms with Crippen LogP contribution in [0.25, 0.3) is 0 Å². The van der Waals surface area contributed by atoms with Crippen molar-refractivity contribution in [3.8, 4) is 0 Å². The first-order valence-corrected chi connectivity index (χ1v) is 4.03. The highest BCUT2D eigenvalue weighted by Gasteiger charge is 2.08. The van der Waals surface area contributed by atoms with E-state index in [1.165, 1.54) is 0 Å². The lowest BCUT2D eigenvalue weighted by atomic mass is 10.3. The van der Waals surface area contributed by atoms with Crippen molar-refractivity contribution < 1.29 is 9.84 Å². The van der Waals surface area contributed by atoms with Crippen molar-refractivity contribution >= 4 is 5.84 Å². The molecule has 0 saturated carbocycles. The molecule has 2 atom stereocenters. The summed E-state index contributed by atoms with van der Waals surface area (Å²) in [6.07, 6.45) is -0.417. The number of hydrogen-bond donors (Lipinski definition) is 2. The Morgan fingerprint density at radius 2 is 2.17 bits per heavy atom. The van der Waals surface area contributed by atoms with Gasteiger partial charge in [0.15, 0.2) is 0 Å². The normalized spacial score (nSPS) is 17.2. The van der Waals surface area contributed by atoms with Gasteiger partial charge in [0, 0.05) is 20.7 Å². The Balaban J connectivity index is 3.85. The molecule has 0 aliphatic rings. The zero-order valence-corrected chi connectivity index (χ0v) is 8.16. The van der Waals surface area contributed by atoms with Crippen LogP contribution >= 0.6 is 0 Å². The third-order valence-electron chi connectivity index (χ3n) is 1.56. The molecule has 0 aliphatic carbocycles. The molecular formula is C8H18N2O2. The van der Waals surface area contributed by atoms with Crippen LogP contribution in [0.2, 0.25) is 0 Å². The van der Waals surface area contributed by atoms with E-state index in [0.29, 0.717) is 6.54 Å². The van der Waals surface area contributed by atoms with Crippen molar-refractivity contribution in [1.29, 1.82) is 0 Å². The van der Waals surface area contributed by atoms with Crippen molar-refractivity contribution in [3.63, 3.8) is 0 Å². The number of amidine groups is 1. The van der Waals surface area contributed by atoms with Crippen LogP contribution in [0, 0.1) is 0 Å². The highest BCUT2D eigenvalue weighted by atomic mass is 16.5. The average Bonchev–Trinajstić information content (AvgIpc) is 2.04. The van der Waals surface area contributed by atoms with Gasteiger partial charge in [0.1, 0.15) is 11.9 Å². The van der Waals surface area contributed by atoms with Crippen LogP contribution < -0.4 is 5.32 Å². The standard InChI is InChI=1S/C8H18N2O2/c1-6(11)5-10-8(9-3)7(2)12-4/h6-7,11H,5H2,1-4H3,(H,9,10). The molecule has 4 heteroatoms. The number of methoxy groups -OCH3 is 1. The topological polar surface area (TPSA) is 53.9 Å². The molecule has 0 spiro atoms. The number of hydrogen-bond acceptors (Lipinski definition) is 3. The molecule has 0 aromatic rings. The van der Waals surface area contributed by atoms with Crippen molar-refractivity contribution in [1.82, 2.24) is 5.32 Å². The van der Waals surface area contributed by atoms with Crippen molar-refractivity contribution in [2.45, 2.75) is 26.1 Å². The lowest BCUT2D eigenvalue weighted by Gasteiger charge is -2.15. The highest BCUT2D eigenvalue weighted by Crippen LogP contribution is 1.90. The summed E-state index contributed by atoms with van der Waals surface area (Å²) in [6.45, 7) is 4.12. The van der Waals surface area contributed by atoms with Gasteiger partial charge in [0.05, 0.1) is 6.10 Å². The Labute approximate surface area is 73.6 Å². The van der Waals surface area contributed by atoms with E-state index in [9.17, 15) is 0 Å². The minimum absolute atomic E-state index is 0.0475. The van der Waals surface area contributed by atoms with E-state index in [0.717, 1.165) is 5.84 Å². The zero-order chi connectivity index (χ0) is 9.56. The molecule has 12 heavy (non-hydrogen) atoms. The van der Waals surface area contributed by atoms with Gasteiger partial charge < -0.3 is 15.2 Å². The zero-order valence-electron chi connectivity index (χ0n) is 8.16. The van der Waals surface area contributed by atoms with E-state index in [1.807, 2.05) is 6.92 Å². The number of aliphatic imine (C=N–C) groups is 1. The van der Waals surface area contributed by atoms with Gasteiger partial charge in [-0.3, -0.25) is 4.99 Å². The summed E-state index contributed by atoms with van der Waals surface area (Å²) in [4.78, 5) is 4.00. The SMILES string of the molecule is CN=C(NCC(C)O)C(C)OC. The first-order chi connectivity index (χ1) is 5.61. The van der Waals surface area contributed by atoms with Gasteiger partial charge in [-0.15, -0.1) is 0 Å². The Morgan fingerprint density at radius 3 is 2.50 bits per heavy atom. The monoisotopic (exact) mass is 174 g/mol. The molecule has 72 valence electrons. The predicted molar refractivity (Wildman–Crippen MR) is 49.5 cm³/mol. The fraction of sp³-hybridized carbons (Fsp3) is 0.875. The van der Waals surface area contributed by atoms with Crippen molar-refractivity contribution in [3.05, 3.63) is 0 Å². The number of nitrogens with zero attached hydrogens (tertiary/aromatic N) is 1. The summed E-state index contributed by atoms with van der Waals surface area (Å²) in [5.41, 5.74) is 0. The third-order valence-corrected chi connectivity index (χ3v) is 1.56. The summed E-state index contributed by atoms with van der Waals surface area (Å²) in [7, 11) is 3.32. The Morgan fingerprint density at radius 1 is 1.58 bits per heavy atom. The molecule has 0 radical (unpaired) electrons. The summed E-state index contributed by atoms with van der Waals surface area (Å²) in [5, 5.41) is 12.0. The Hall–Kier alpha value is -0.610. The largest absolute Gasteiger partial charge is 0.392 e. The Bertz CT molecular complexity index is 146. The van der Waals surface area contributed by atoms with Gasteiger partial charge in [0.25, 0.3) is 0 Å². The van der Waals surface area contributed by atoms with E-state index in [2.05, 4.69) is 10.3 Å². The van der Waals surface area contributed by atoms with E-state index in [1.54, 1.807) is 21.1 Å². The molecule has 0 aromatic carbocycles. The molecule has 2 N–H and O–H groups in total. The lowest BCUT2D eigenvalue weighted by Crippen LogP contribution is -2.38. The smallest absolute Gasteiger partial charge is 0.125 e. The van der Waals surface area contributed by atoms with Crippen LogP contribution in [0.5, 0.6) is 0 Å². The summed E-state index contributed by atoms with van der Waals surface area (Å²) >= 11 is 0. The van der Waals surface area contributed by atoms with E-state index >= 15 is 0 Å². The minimum Gasteiger partial charge on any atom is -0.392 e. The second-order valence-corrected chi connectivity index (χ2v) is 2.72. The van der Waals surface area contributed by atoms with Crippen LogP contribution in [0.1, 0.15) is 13.8 Å². The first-order valence-electron chi connectivity index (χ1n) is 4.03. The van der Waals surface area contributed by atoms with E-state index in [-0.39, 0.29) is 12.2 Å². The van der Waals surface area contributed by atoms with Crippen molar-refractivity contribution in [2.75, 3.05) is 20.7 Å². The molecule has 4 nitrogen and oxygen atoms in total. The molecule has 0 saturated heterocycles. The molecule has 2 unspecified atom stereocenters. The predicted octanol–water partition coefficient (Wildman–Crippen LogP) is 0.0200. The molecule has 0 aliphatic heterocycles. The molecule has 0 fully saturated rings. The van der Waals surface area contributed by atoms with Crippen LogP contribution in [0.4, 0.5) is 0 Å². The maximum Gasteiger partial charge on any atom is 0.125 e. The van der Waals surface area contributed by atoms with Crippen LogP contribution in [0.3, 0.4) is 0 Å². The first kappa shape index (κ1) is 11.4. The summed E-state index contributed by atoms with van der Waals surface area (Å²) < 4.78 is 5.06. The maximum atomic E-state index is 8.99. The number of rotatable bonds is 4. The fourth-order valence-electron chi connectivity index (χ4n) is 0.768. The number of aliphatic hydroxyl groups is 1. The maximum absolute atomic E-state index is 8.99. The van der Waals surface area contributed by atoms with Crippen LogP contribution in [0.15, 0.2) is 4.99 Å². The lowest BCUT2D eigenvalue weighted by molar-refractivity contribution is 0.163. The van der Waals surface area contributed by atoms with Gasteiger partial charge in [-0.05, 0) is 13.8 Å². The molecule has 0 bridgehead atoms. The van der Waals surface area contributed by atoms with Gasteiger partial charge in [-0.2, -0.15) is 0 Å². The third kappa shape index (κ3) is 4.31. The molecular weight excluding hydrogens is 156 g/mol. The highest BCUT2D eigenvalue weighted by molar-refractivity contribution is 5.86. The second-order valence-electron chi connectivity index (χ2n) is 2.72. The fourth-order valence-corrected chi connectivity index (χ4v) is 0.768. The number of nitrogens with one attached hydrogen (secondary N) is 1. The van der Waals surface area contributed by atoms with Gasteiger partial charge in [-0.1, -0.05) is 0 Å². The summed E-state index contributed by atoms with van der Waals surface area (Å²) in [5.74, 6) is 0.762. The Kier molecular flexibility index (Phi) is 5.66. The quantitative estimate of drug-likeness (QED) is 0.466. The van der Waals surface area contributed by atoms with Crippen LogP contribution in [-0.2, 0) is 4.74 Å². The van der Waals surface area contributed by atoms with Gasteiger partial charge in [-0.25, -0.2) is 0 Å². The number of ether oxygens (including phenoxy) is 1. The molecule has 0 amide bonds. The molecule has 0 rings (SSSR count).